The van der Waals surface area contributed by atoms with Gasteiger partial charge in [0.05, 0.1) is 0 Å². The lowest BCUT2D eigenvalue weighted by molar-refractivity contribution is -0.116. The number of allylic oxidation sites excluding steroid dienone is 3. The lowest BCUT2D eigenvalue weighted by atomic mass is 9.71. The first kappa shape index (κ1) is 22.8. The van der Waals surface area contributed by atoms with Gasteiger partial charge in [0.1, 0.15) is 5.82 Å². The van der Waals surface area contributed by atoms with E-state index >= 15 is 0 Å². The Morgan fingerprint density at radius 3 is 2.31 bits per heavy atom. The molecule has 2 N–H and O–H groups in total. The number of carbonyl (C=O) groups excluding carboxylic acids is 2. The van der Waals surface area contributed by atoms with Gasteiger partial charge in [0.15, 0.2) is 5.78 Å². The van der Waals surface area contributed by atoms with E-state index in [2.05, 4.69) is 22.8 Å². The molecule has 176 valence electrons. The summed E-state index contributed by atoms with van der Waals surface area (Å²) in [5.74, 6) is -1.00. The average Bonchev–Trinajstić information content (AvgIpc) is 2.85. The number of halogens is 1. The summed E-state index contributed by atoms with van der Waals surface area (Å²) >= 11 is 0. The van der Waals surface area contributed by atoms with Crippen molar-refractivity contribution in [1.29, 1.82) is 0 Å². The molecule has 0 aromatic heterocycles. The zero-order chi connectivity index (χ0) is 24.5. The predicted molar refractivity (Wildman–Crippen MR) is 135 cm³/mol. The molecule has 5 rings (SSSR count). The van der Waals surface area contributed by atoms with Crippen molar-refractivity contribution < 1.29 is 14.0 Å². The van der Waals surface area contributed by atoms with Gasteiger partial charge in [-0.05, 0) is 67.1 Å². The third-order valence-corrected chi connectivity index (χ3v) is 6.94. The number of hydrogen-bond acceptors (Lipinski definition) is 3. The molecule has 2 aliphatic rings. The van der Waals surface area contributed by atoms with Crippen LogP contribution in [0, 0.1) is 12.7 Å². The number of ketones is 1. The molecule has 2 atom stereocenters. The Labute approximate surface area is 204 Å². The first-order chi connectivity index (χ1) is 16.9. The molecule has 1 aliphatic carbocycles. The van der Waals surface area contributed by atoms with E-state index in [0.717, 1.165) is 28.1 Å². The Balaban J connectivity index is 1.57. The summed E-state index contributed by atoms with van der Waals surface area (Å²) in [6.07, 6.45) is 1.11. The fraction of sp³-hybridized carbons (Fsp3) is 0.200. The maximum atomic E-state index is 13.7. The molecule has 4 nitrogen and oxygen atoms in total. The molecule has 0 radical (unpaired) electrons. The van der Waals surface area contributed by atoms with Crippen LogP contribution in [0.5, 0.6) is 0 Å². The first-order valence-electron chi connectivity index (χ1n) is 11.8. The average molecular weight is 467 g/mol. The Morgan fingerprint density at radius 1 is 0.914 bits per heavy atom. The number of Topliss-reactive ketones (excluding diaryl/α,β-unsaturated/α-hetero) is 1. The number of aryl methyl sites for hydroxylation is 1. The molecule has 35 heavy (non-hydrogen) atoms. The van der Waals surface area contributed by atoms with E-state index in [-0.39, 0.29) is 23.4 Å². The fourth-order valence-electron chi connectivity index (χ4n) is 5.25. The van der Waals surface area contributed by atoms with Gasteiger partial charge in [0.2, 0.25) is 0 Å². The topological polar surface area (TPSA) is 58.2 Å². The van der Waals surface area contributed by atoms with Crippen molar-refractivity contribution in [2.24, 2.45) is 0 Å². The van der Waals surface area contributed by atoms with Crippen LogP contribution in [0.3, 0.4) is 0 Å². The minimum atomic E-state index is -0.475. The smallest absolute Gasteiger partial charge is 0.254 e. The van der Waals surface area contributed by atoms with Gasteiger partial charge in [-0.2, -0.15) is 0 Å². The molecule has 0 saturated heterocycles. The van der Waals surface area contributed by atoms with Crippen LogP contribution in [0.2, 0.25) is 0 Å². The molecule has 3 aromatic rings. The molecule has 0 fully saturated rings. The van der Waals surface area contributed by atoms with Gasteiger partial charge in [0, 0.05) is 40.6 Å². The molecule has 0 saturated carbocycles. The van der Waals surface area contributed by atoms with Crippen molar-refractivity contribution in [3.05, 3.63) is 124 Å². The number of anilines is 1. The van der Waals surface area contributed by atoms with Crippen molar-refractivity contribution in [1.82, 2.24) is 5.32 Å². The second-order valence-electron chi connectivity index (χ2n) is 9.25. The summed E-state index contributed by atoms with van der Waals surface area (Å²) in [5.41, 5.74) is 6.38. The molecule has 1 amide bonds. The summed E-state index contributed by atoms with van der Waals surface area (Å²) in [5, 5.41) is 6.31. The monoisotopic (exact) mass is 466 g/mol. The van der Waals surface area contributed by atoms with Gasteiger partial charge in [-0.1, -0.05) is 54.6 Å². The molecule has 5 heteroatoms. The van der Waals surface area contributed by atoms with E-state index < -0.39 is 5.92 Å². The summed E-state index contributed by atoms with van der Waals surface area (Å²) in [7, 11) is 0. The highest BCUT2D eigenvalue weighted by atomic mass is 19.1. The molecule has 0 spiro atoms. The maximum absolute atomic E-state index is 13.7. The number of carbonyl (C=O) groups is 2. The van der Waals surface area contributed by atoms with Gasteiger partial charge in [-0.25, -0.2) is 4.39 Å². The van der Waals surface area contributed by atoms with Crippen molar-refractivity contribution >= 4 is 17.4 Å². The van der Waals surface area contributed by atoms with Crippen molar-refractivity contribution in [3.63, 3.8) is 0 Å². The zero-order valence-electron chi connectivity index (χ0n) is 19.8. The van der Waals surface area contributed by atoms with Crippen LogP contribution in [0.15, 0.2) is 101 Å². The van der Waals surface area contributed by atoms with Gasteiger partial charge >= 0.3 is 0 Å². The van der Waals surface area contributed by atoms with Gasteiger partial charge < -0.3 is 10.6 Å². The van der Waals surface area contributed by atoms with E-state index in [4.69, 9.17) is 0 Å². The molecule has 0 bridgehead atoms. The number of benzene rings is 3. The van der Waals surface area contributed by atoms with E-state index in [9.17, 15) is 14.0 Å². The normalized spacial score (nSPS) is 19.8. The highest BCUT2D eigenvalue weighted by molar-refractivity contribution is 6.10. The predicted octanol–water partition coefficient (Wildman–Crippen LogP) is 6.13. The van der Waals surface area contributed by atoms with Crippen LogP contribution in [0.4, 0.5) is 10.1 Å². The number of rotatable bonds is 4. The number of dihydropyridines is 1. The Bertz CT molecular complexity index is 1360. The lowest BCUT2D eigenvalue weighted by Gasteiger charge is -2.37. The Kier molecular flexibility index (Phi) is 6.08. The SMILES string of the molecule is CC1=C(C(=O)Nc2ccc(F)cc2)[C@H](c2ccccc2C)C2=C(C[C@@H](c3ccccc3)CC2=O)N1. The minimum Gasteiger partial charge on any atom is -0.362 e. The van der Waals surface area contributed by atoms with Crippen LogP contribution in [-0.2, 0) is 9.59 Å². The van der Waals surface area contributed by atoms with Crippen LogP contribution < -0.4 is 10.6 Å². The summed E-state index contributed by atoms with van der Waals surface area (Å²) in [6, 6.07) is 23.7. The molecule has 1 heterocycles. The molecule has 3 aromatic carbocycles. The third-order valence-electron chi connectivity index (χ3n) is 6.94. The molecule has 1 aliphatic heterocycles. The Morgan fingerprint density at radius 2 is 1.60 bits per heavy atom. The summed E-state index contributed by atoms with van der Waals surface area (Å²) in [4.78, 5) is 27.3. The quantitative estimate of drug-likeness (QED) is 0.486. The van der Waals surface area contributed by atoms with E-state index in [1.54, 1.807) is 0 Å². The largest absolute Gasteiger partial charge is 0.362 e. The fourth-order valence-corrected chi connectivity index (χ4v) is 5.25. The number of nitrogens with one attached hydrogen (secondary N) is 2. The lowest BCUT2D eigenvalue weighted by Crippen LogP contribution is -2.37. The summed E-state index contributed by atoms with van der Waals surface area (Å²) in [6.45, 7) is 3.88. The number of amides is 1. The molecular formula is C30H27FN2O2. The third kappa shape index (κ3) is 4.42. The highest BCUT2D eigenvalue weighted by Gasteiger charge is 2.41. The van der Waals surface area contributed by atoms with Gasteiger partial charge in [0.25, 0.3) is 5.91 Å². The summed E-state index contributed by atoms with van der Waals surface area (Å²) < 4.78 is 13.4. The van der Waals surface area contributed by atoms with E-state index in [1.165, 1.54) is 24.3 Å². The zero-order valence-corrected chi connectivity index (χ0v) is 19.8. The second-order valence-corrected chi connectivity index (χ2v) is 9.25. The van der Waals surface area contributed by atoms with Crippen LogP contribution in [0.1, 0.15) is 48.3 Å². The van der Waals surface area contributed by atoms with Crippen LogP contribution in [0.25, 0.3) is 0 Å². The van der Waals surface area contributed by atoms with E-state index in [0.29, 0.717) is 29.7 Å². The maximum Gasteiger partial charge on any atom is 0.254 e. The van der Waals surface area contributed by atoms with Crippen molar-refractivity contribution in [3.8, 4) is 0 Å². The molecular weight excluding hydrogens is 439 g/mol. The molecule has 0 unspecified atom stereocenters. The van der Waals surface area contributed by atoms with Crippen LogP contribution in [-0.4, -0.2) is 11.7 Å². The first-order valence-corrected chi connectivity index (χ1v) is 11.8. The van der Waals surface area contributed by atoms with Crippen molar-refractivity contribution in [2.45, 2.75) is 38.5 Å². The minimum absolute atomic E-state index is 0.0560. The number of hydrogen-bond donors (Lipinski definition) is 2. The standard InChI is InChI=1S/C30H27FN2O2/c1-18-8-6-7-11-24(18)28-27(30(35)33-23-14-12-22(31)13-15-23)19(2)32-25-16-21(17-26(34)29(25)28)20-9-4-3-5-10-20/h3-15,21,28,32H,16-17H2,1-2H3,(H,33,35)/t21-,28+/m1/s1. The Hall–Kier alpha value is -3.99. The van der Waals surface area contributed by atoms with Crippen LogP contribution >= 0.6 is 0 Å². The second kappa shape index (κ2) is 9.34. The highest BCUT2D eigenvalue weighted by Crippen LogP contribution is 2.46. The van der Waals surface area contributed by atoms with E-state index in [1.807, 2.05) is 56.3 Å². The van der Waals surface area contributed by atoms with Crippen molar-refractivity contribution in [2.75, 3.05) is 5.32 Å². The van der Waals surface area contributed by atoms with Gasteiger partial charge in [-0.15, -0.1) is 0 Å². The van der Waals surface area contributed by atoms with Gasteiger partial charge in [-0.3, -0.25) is 9.59 Å².